The van der Waals surface area contributed by atoms with E-state index in [1.165, 1.54) is 29.2 Å². The normalized spacial score (nSPS) is 18.4. The highest BCUT2D eigenvalue weighted by Gasteiger charge is 2.55. The molecule has 49 heavy (non-hydrogen) atoms. The molecule has 252 valence electrons. The number of hydrogen-bond donors (Lipinski definition) is 3. The molecule has 1 amide bonds. The van der Waals surface area contributed by atoms with Crippen molar-refractivity contribution in [2.75, 3.05) is 19.5 Å². The van der Waals surface area contributed by atoms with Crippen LogP contribution in [0.15, 0.2) is 119 Å². The van der Waals surface area contributed by atoms with E-state index in [2.05, 4.69) is 10.3 Å². The van der Waals surface area contributed by atoms with Gasteiger partial charge in [-0.05, 0) is 59.2 Å². The van der Waals surface area contributed by atoms with Gasteiger partial charge in [0.15, 0.2) is 5.76 Å². The molecule has 5 aromatic rings. The molecule has 1 saturated heterocycles. The standard InChI is InChI=1S/C35H32N3O10P/c1-44-25-14-10-23(11-15-25)35(22-7-4-3-5-8-22,24-12-16-26(45-2)17-13-24)32(39)31-28(48-49(42)43)21-30(47-31)38-19-18-29(37-34(38)41)36-33(40)27-9-6-20-46-27/h3-20,28,30-32,39H,21H2,1-2H3,(H-,36,37,40,41,42,43)/p+1/t28-,30+,31-,32?/m0/s1. The minimum atomic E-state index is -3.14. The summed E-state index contributed by atoms with van der Waals surface area (Å²) >= 11 is 0. The predicted molar refractivity (Wildman–Crippen MR) is 177 cm³/mol. The number of anilines is 1. The zero-order valence-corrected chi connectivity index (χ0v) is 27.3. The maximum Gasteiger partial charge on any atom is 0.695 e. The molecule has 0 radical (unpaired) electrons. The fraction of sp³-hybridized carbons (Fsp3) is 0.229. The van der Waals surface area contributed by atoms with E-state index in [1.54, 1.807) is 44.6 Å². The summed E-state index contributed by atoms with van der Waals surface area (Å²) in [4.78, 5) is 39.5. The van der Waals surface area contributed by atoms with E-state index in [1.807, 2.05) is 54.6 Å². The molecule has 13 nitrogen and oxygen atoms in total. The molecule has 0 aliphatic carbocycles. The van der Waals surface area contributed by atoms with Gasteiger partial charge in [0.05, 0.1) is 25.9 Å². The summed E-state index contributed by atoms with van der Waals surface area (Å²) in [6.45, 7) is 0. The molecule has 5 atom stereocenters. The summed E-state index contributed by atoms with van der Waals surface area (Å²) in [7, 11) is -0.0287. The number of aromatic nitrogens is 2. The van der Waals surface area contributed by atoms with Crippen LogP contribution in [0.1, 0.15) is 39.9 Å². The van der Waals surface area contributed by atoms with Crippen molar-refractivity contribution in [1.82, 2.24) is 9.55 Å². The van der Waals surface area contributed by atoms with Crippen molar-refractivity contribution in [2.45, 2.75) is 36.4 Å². The second kappa shape index (κ2) is 14.5. The van der Waals surface area contributed by atoms with E-state index in [9.17, 15) is 24.2 Å². The third-order valence-electron chi connectivity index (χ3n) is 8.54. The van der Waals surface area contributed by atoms with Crippen LogP contribution >= 0.6 is 8.25 Å². The Morgan fingerprint density at radius 3 is 2.08 bits per heavy atom. The number of aliphatic hydroxyl groups is 1. The van der Waals surface area contributed by atoms with Crippen molar-refractivity contribution in [3.63, 3.8) is 0 Å². The van der Waals surface area contributed by atoms with E-state index in [4.69, 9.17) is 23.2 Å². The third-order valence-corrected chi connectivity index (χ3v) is 8.99. The Kier molecular flexibility index (Phi) is 10.00. The number of nitrogens with zero attached hydrogens (tertiary/aromatic N) is 2. The highest BCUT2D eigenvalue weighted by atomic mass is 31.1. The van der Waals surface area contributed by atoms with Crippen molar-refractivity contribution in [1.29, 1.82) is 0 Å². The fourth-order valence-corrected chi connectivity index (χ4v) is 6.73. The second-order valence-electron chi connectivity index (χ2n) is 11.2. The van der Waals surface area contributed by atoms with Gasteiger partial charge in [-0.25, -0.2) is 4.79 Å². The number of aliphatic hydroxyl groups excluding tert-OH is 1. The minimum Gasteiger partial charge on any atom is -0.497 e. The minimum absolute atomic E-state index is 0.0226. The molecule has 14 heteroatoms. The van der Waals surface area contributed by atoms with Gasteiger partial charge in [0.25, 0.3) is 5.91 Å². The van der Waals surface area contributed by atoms with Crippen LogP contribution in [0, 0.1) is 0 Å². The van der Waals surface area contributed by atoms with Crippen molar-refractivity contribution in [3.05, 3.63) is 142 Å². The zero-order valence-electron chi connectivity index (χ0n) is 26.4. The smallest absolute Gasteiger partial charge is 0.497 e. The quantitative estimate of drug-likeness (QED) is 0.121. The molecular weight excluding hydrogens is 653 g/mol. The van der Waals surface area contributed by atoms with Crippen molar-refractivity contribution in [2.24, 2.45) is 0 Å². The lowest BCUT2D eigenvalue weighted by Gasteiger charge is -2.42. The van der Waals surface area contributed by atoms with Gasteiger partial charge >= 0.3 is 13.9 Å². The molecule has 1 aliphatic heterocycles. The Hall–Kier alpha value is -5.17. The Balaban J connectivity index is 1.43. The average Bonchev–Trinajstić information content (AvgIpc) is 3.81. The molecule has 2 aromatic heterocycles. The van der Waals surface area contributed by atoms with Crippen LogP contribution in [0.4, 0.5) is 5.82 Å². The molecule has 2 unspecified atom stereocenters. The Bertz CT molecular complexity index is 1900. The lowest BCUT2D eigenvalue weighted by atomic mass is 9.64. The monoisotopic (exact) mass is 686 g/mol. The highest BCUT2D eigenvalue weighted by Crippen LogP contribution is 2.48. The first-order valence-electron chi connectivity index (χ1n) is 15.2. The van der Waals surface area contributed by atoms with E-state index < -0.39 is 49.8 Å². The molecule has 3 aromatic carbocycles. The van der Waals surface area contributed by atoms with Gasteiger partial charge in [-0.15, -0.1) is 9.42 Å². The largest absolute Gasteiger partial charge is 0.695 e. The lowest BCUT2D eigenvalue weighted by Crippen LogP contribution is -2.51. The molecule has 1 fully saturated rings. The van der Waals surface area contributed by atoms with Crippen LogP contribution in [-0.4, -0.2) is 58.0 Å². The number of carbonyl (C=O) groups excluding carboxylic acids is 1. The lowest BCUT2D eigenvalue weighted by molar-refractivity contribution is -0.0942. The topological polar surface area (TPSA) is 172 Å². The first-order chi connectivity index (χ1) is 23.7. The molecular formula is C35H33N3O10P+. The van der Waals surface area contributed by atoms with Gasteiger partial charge in [-0.1, -0.05) is 54.6 Å². The van der Waals surface area contributed by atoms with Crippen molar-refractivity contribution < 1.29 is 42.5 Å². The first kappa shape index (κ1) is 33.7. The van der Waals surface area contributed by atoms with Crippen molar-refractivity contribution >= 4 is 20.0 Å². The number of nitrogens with one attached hydrogen (secondary N) is 1. The molecule has 0 bridgehead atoms. The summed E-state index contributed by atoms with van der Waals surface area (Å²) in [6, 6.07) is 28.1. The highest BCUT2D eigenvalue weighted by molar-refractivity contribution is 7.32. The maximum absolute atomic E-state index is 13.2. The molecule has 3 heterocycles. The number of amides is 1. The SMILES string of the molecule is COc1ccc(C(c2ccccc2)(c2ccc(OC)cc2)C(O)[C@H]2O[C@@H](n3ccc(NC(=O)c4ccco4)nc3=O)C[C@@H]2O[P+](=O)O)cc1. The Morgan fingerprint density at radius 2 is 1.55 bits per heavy atom. The molecule has 3 N–H and O–H groups in total. The number of methoxy groups -OCH3 is 2. The molecule has 1 aliphatic rings. The van der Waals surface area contributed by atoms with Crippen LogP contribution in [0.25, 0.3) is 0 Å². The third kappa shape index (κ3) is 6.75. The number of rotatable bonds is 12. The summed E-state index contributed by atoms with van der Waals surface area (Å²) in [6.07, 6.45) is -2.27. The number of benzene rings is 3. The molecule has 6 rings (SSSR count). The van der Waals surface area contributed by atoms with Gasteiger partial charge in [-0.3, -0.25) is 9.36 Å². The van der Waals surface area contributed by atoms with Gasteiger partial charge in [0.1, 0.15) is 41.9 Å². The van der Waals surface area contributed by atoms with Crippen LogP contribution < -0.4 is 20.5 Å². The van der Waals surface area contributed by atoms with Gasteiger partial charge in [-0.2, -0.15) is 4.98 Å². The summed E-state index contributed by atoms with van der Waals surface area (Å²) in [5, 5.41) is 15.2. The van der Waals surface area contributed by atoms with Crippen LogP contribution in [0.2, 0.25) is 0 Å². The van der Waals surface area contributed by atoms with Gasteiger partial charge < -0.3 is 29.1 Å². The van der Waals surface area contributed by atoms with E-state index in [0.717, 1.165) is 0 Å². The summed E-state index contributed by atoms with van der Waals surface area (Å²) in [5.41, 5.74) is -0.110. The average molecular weight is 687 g/mol. The fourth-order valence-electron chi connectivity index (χ4n) is 6.29. The Morgan fingerprint density at radius 1 is 0.939 bits per heavy atom. The number of hydrogen-bond acceptors (Lipinski definition) is 10. The first-order valence-corrected chi connectivity index (χ1v) is 16.3. The van der Waals surface area contributed by atoms with E-state index in [-0.39, 0.29) is 18.0 Å². The van der Waals surface area contributed by atoms with Crippen molar-refractivity contribution in [3.8, 4) is 11.5 Å². The zero-order chi connectivity index (χ0) is 34.5. The number of ether oxygens (including phenoxy) is 3. The summed E-state index contributed by atoms with van der Waals surface area (Å²) < 4.78 is 41.1. The van der Waals surface area contributed by atoms with E-state index in [0.29, 0.717) is 28.2 Å². The summed E-state index contributed by atoms with van der Waals surface area (Å²) in [5.74, 6) is 0.619. The Labute approximate surface area is 281 Å². The van der Waals surface area contributed by atoms with Crippen LogP contribution in [0.5, 0.6) is 11.5 Å². The van der Waals surface area contributed by atoms with Crippen LogP contribution in [0.3, 0.4) is 0 Å². The van der Waals surface area contributed by atoms with Gasteiger partial charge in [0.2, 0.25) is 0 Å². The molecule has 0 saturated carbocycles. The predicted octanol–water partition coefficient (Wildman–Crippen LogP) is 4.82. The van der Waals surface area contributed by atoms with Gasteiger partial charge in [0, 0.05) is 17.2 Å². The second-order valence-corrected chi connectivity index (χ2v) is 11.9. The molecule has 0 spiro atoms. The number of furan rings is 1. The number of carbonyl (C=O) groups is 1. The maximum atomic E-state index is 13.2. The van der Waals surface area contributed by atoms with E-state index >= 15 is 0 Å². The van der Waals surface area contributed by atoms with Crippen LogP contribution in [-0.2, 0) is 19.2 Å².